The molecule has 8 atom stereocenters. The molecular weight excluding hydrogens is 719 g/mol. The smallest absolute Gasteiger partial charge is 0.392 e. The fourth-order valence-corrected chi connectivity index (χ4v) is 9.12. The molecular formula is C35H45N3O12S2. The predicted molar refractivity (Wildman–Crippen MR) is 191 cm³/mol. The van der Waals surface area contributed by atoms with Gasteiger partial charge in [-0.25, -0.2) is 17.4 Å². The molecule has 3 aromatic rings. The van der Waals surface area contributed by atoms with Crippen molar-refractivity contribution in [3.8, 4) is 0 Å². The van der Waals surface area contributed by atoms with Crippen LogP contribution in [0.15, 0.2) is 77.7 Å². The van der Waals surface area contributed by atoms with E-state index in [9.17, 15) is 36.9 Å². The highest BCUT2D eigenvalue weighted by atomic mass is 32.3. The zero-order valence-electron chi connectivity index (χ0n) is 29.1. The number of hydrogen-bond donors (Lipinski definition) is 6. The molecule has 2 aliphatic heterocycles. The summed E-state index contributed by atoms with van der Waals surface area (Å²) in [7, 11) is -5.06. The van der Waals surface area contributed by atoms with Crippen molar-refractivity contribution in [2.45, 2.75) is 74.4 Å². The van der Waals surface area contributed by atoms with E-state index in [1.54, 1.807) is 79.7 Å². The summed E-state index contributed by atoms with van der Waals surface area (Å²) in [6, 6.07) is 19.6. The van der Waals surface area contributed by atoms with Crippen molar-refractivity contribution in [2.24, 2.45) is 5.41 Å². The summed E-state index contributed by atoms with van der Waals surface area (Å²) in [6.07, 6.45) is -8.41. The van der Waals surface area contributed by atoms with Crippen molar-refractivity contribution in [3.63, 3.8) is 0 Å². The molecule has 0 spiro atoms. The lowest BCUT2D eigenvalue weighted by atomic mass is 9.72. The van der Waals surface area contributed by atoms with E-state index in [0.29, 0.717) is 23.1 Å². The normalized spacial score (nSPS) is 28.7. The topological polar surface area (TPSA) is 221 Å². The molecule has 0 bridgehead atoms. The Morgan fingerprint density at radius 2 is 1.73 bits per heavy atom. The molecule has 284 valence electrons. The number of carbonyl (C=O) groups is 1. The van der Waals surface area contributed by atoms with Crippen molar-refractivity contribution >= 4 is 37.6 Å². The summed E-state index contributed by atoms with van der Waals surface area (Å²) in [5, 5.41) is 39.1. The van der Waals surface area contributed by atoms with E-state index in [1.165, 1.54) is 0 Å². The molecule has 0 saturated carbocycles. The molecule has 0 aromatic heterocycles. The monoisotopic (exact) mass is 763 g/mol. The van der Waals surface area contributed by atoms with Crippen LogP contribution in [0.3, 0.4) is 0 Å². The zero-order chi connectivity index (χ0) is 38.0. The van der Waals surface area contributed by atoms with E-state index in [2.05, 4.69) is 14.8 Å². The van der Waals surface area contributed by atoms with Crippen LogP contribution in [0.25, 0.3) is 0 Å². The maximum Gasteiger partial charge on any atom is 0.397 e. The molecule has 3 aromatic carbocycles. The third-order valence-electron chi connectivity index (χ3n) is 9.67. The fourth-order valence-electron chi connectivity index (χ4n) is 6.60. The minimum absolute atomic E-state index is 0.0538. The van der Waals surface area contributed by atoms with Crippen LogP contribution < -0.4 is 15.5 Å². The van der Waals surface area contributed by atoms with E-state index in [0.717, 1.165) is 5.69 Å². The number of fused-ring (bicyclic) bond motifs is 1. The van der Waals surface area contributed by atoms with Gasteiger partial charge in [0.1, 0.15) is 24.4 Å². The second-order valence-corrected chi connectivity index (χ2v) is 16.6. The number of aliphatic hydroxyl groups is 3. The summed E-state index contributed by atoms with van der Waals surface area (Å²) >= 11 is 0. The van der Waals surface area contributed by atoms with Gasteiger partial charge in [-0.2, -0.15) is 8.42 Å². The number of nitrogens with one attached hydrogen (secondary N) is 2. The van der Waals surface area contributed by atoms with Crippen molar-refractivity contribution in [1.29, 1.82) is 0 Å². The minimum Gasteiger partial charge on any atom is -0.392 e. The number of sulfone groups is 1. The molecule has 2 heterocycles. The standard InChI is InChI=1S/C35H45N3O12S2/c1-5-35(2)20-51(43,44)27-15-14-24(38(3)4)17-25(27)28(32(35)41)22-12-9-13-23(16-22)36-34(42)37-33-30(40)31(48-18-21-10-7-6-8-11-21)29(39)26(50-33)19-49-52(45,46)47/h6-17,26,28-33,39-41H,5,18-20H2,1-4H3,(H2,36,37,42)(H,45,46,47)/t26-,28-,29-,30-,31+,32-,33-,35+/m1/s1. The van der Waals surface area contributed by atoms with E-state index in [1.807, 2.05) is 25.9 Å². The molecule has 5 rings (SSSR count). The molecule has 52 heavy (non-hydrogen) atoms. The Balaban J connectivity index is 1.40. The molecule has 0 unspecified atom stereocenters. The molecule has 1 fully saturated rings. The molecule has 15 nitrogen and oxygen atoms in total. The van der Waals surface area contributed by atoms with E-state index in [-0.39, 0.29) is 22.9 Å². The van der Waals surface area contributed by atoms with E-state index >= 15 is 0 Å². The number of aliphatic hydroxyl groups excluding tert-OH is 3. The summed E-state index contributed by atoms with van der Waals surface area (Å²) < 4.78 is 74.8. The first-order chi connectivity index (χ1) is 24.4. The molecule has 0 radical (unpaired) electrons. The Hall–Kier alpha value is -3.65. The molecule has 1 saturated heterocycles. The lowest BCUT2D eigenvalue weighted by Crippen LogP contribution is -2.64. The Morgan fingerprint density at radius 3 is 2.38 bits per heavy atom. The maximum atomic E-state index is 13.7. The van der Waals surface area contributed by atoms with Crippen LogP contribution in [0, 0.1) is 5.41 Å². The first kappa shape index (κ1) is 39.6. The van der Waals surface area contributed by atoms with Crippen LogP contribution >= 0.6 is 0 Å². The third kappa shape index (κ3) is 8.92. The fraction of sp³-hybridized carbons (Fsp3) is 0.457. The lowest BCUT2D eigenvalue weighted by molar-refractivity contribution is -0.246. The lowest BCUT2D eigenvalue weighted by Gasteiger charge is -2.42. The number of amides is 2. The van der Waals surface area contributed by atoms with Gasteiger partial charge >= 0.3 is 16.4 Å². The third-order valence-corrected chi connectivity index (χ3v) is 12.2. The second kappa shape index (κ2) is 15.8. The zero-order valence-corrected chi connectivity index (χ0v) is 30.7. The molecule has 2 aliphatic rings. The predicted octanol–water partition coefficient (Wildman–Crippen LogP) is 2.42. The highest BCUT2D eigenvalue weighted by Crippen LogP contribution is 2.47. The van der Waals surface area contributed by atoms with Gasteiger partial charge in [0.2, 0.25) is 0 Å². The van der Waals surface area contributed by atoms with Crippen LogP contribution in [-0.2, 0) is 40.5 Å². The first-order valence-electron chi connectivity index (χ1n) is 16.6. The van der Waals surface area contributed by atoms with Crippen molar-refractivity contribution < 1.29 is 55.2 Å². The average molecular weight is 764 g/mol. The van der Waals surface area contributed by atoms with E-state index in [4.69, 9.17) is 14.0 Å². The molecule has 6 N–H and O–H groups in total. The minimum atomic E-state index is -4.92. The average Bonchev–Trinajstić information content (AvgIpc) is 3.15. The Labute approximate surface area is 303 Å². The van der Waals surface area contributed by atoms with Gasteiger partial charge in [0.25, 0.3) is 0 Å². The van der Waals surface area contributed by atoms with Gasteiger partial charge in [-0.05, 0) is 53.4 Å². The second-order valence-electron chi connectivity index (χ2n) is 13.6. The van der Waals surface area contributed by atoms with E-state index < -0.39 is 81.0 Å². The number of nitrogens with zero attached hydrogens (tertiary/aromatic N) is 1. The van der Waals surface area contributed by atoms with Crippen molar-refractivity contribution in [2.75, 3.05) is 36.7 Å². The van der Waals surface area contributed by atoms with Crippen molar-refractivity contribution in [1.82, 2.24) is 5.32 Å². The summed E-state index contributed by atoms with van der Waals surface area (Å²) in [5.74, 6) is -1.05. The molecule has 0 aliphatic carbocycles. The maximum absolute atomic E-state index is 13.7. The van der Waals surface area contributed by atoms with Gasteiger partial charge in [0.15, 0.2) is 16.1 Å². The van der Waals surface area contributed by atoms with Crippen LogP contribution in [0.4, 0.5) is 16.2 Å². The largest absolute Gasteiger partial charge is 0.397 e. The van der Waals surface area contributed by atoms with Gasteiger partial charge in [-0.15, -0.1) is 0 Å². The SMILES string of the molecule is CC[C@@]1(C)CS(=O)(=O)c2ccc(N(C)C)cc2[C@@H](c2cccc(NC(=O)N[C@@H]3O[C@H](COS(=O)(=O)O)[C@@H](O)[C@H](OCc4ccccc4)[C@H]3O)c2)[C@H]1O. The van der Waals surface area contributed by atoms with Gasteiger partial charge in [0.05, 0.1) is 30.0 Å². The van der Waals surface area contributed by atoms with Crippen LogP contribution in [0.1, 0.15) is 42.9 Å². The quantitative estimate of drug-likeness (QED) is 0.155. The number of hydrogen-bond acceptors (Lipinski definition) is 12. The number of anilines is 2. The molecule has 17 heteroatoms. The number of rotatable bonds is 11. The van der Waals surface area contributed by atoms with Gasteiger partial charge in [-0.3, -0.25) is 4.55 Å². The summed E-state index contributed by atoms with van der Waals surface area (Å²) in [6.45, 7) is 2.67. The van der Waals surface area contributed by atoms with Crippen molar-refractivity contribution in [3.05, 3.63) is 89.5 Å². The highest BCUT2D eigenvalue weighted by Gasteiger charge is 2.48. The Kier molecular flexibility index (Phi) is 12.0. The Morgan fingerprint density at radius 1 is 1.02 bits per heavy atom. The van der Waals surface area contributed by atoms with Gasteiger partial charge < -0.3 is 40.3 Å². The summed E-state index contributed by atoms with van der Waals surface area (Å²) in [4.78, 5) is 15.3. The van der Waals surface area contributed by atoms with Crippen LogP contribution in [0.2, 0.25) is 0 Å². The molecule has 2 amide bonds. The van der Waals surface area contributed by atoms with Crippen LogP contribution in [0.5, 0.6) is 0 Å². The highest BCUT2D eigenvalue weighted by molar-refractivity contribution is 7.91. The number of urea groups is 1. The number of carbonyl (C=O) groups excluding carboxylic acids is 1. The summed E-state index contributed by atoms with van der Waals surface area (Å²) in [5.41, 5.74) is 1.66. The Bertz CT molecular complexity index is 1950. The van der Waals surface area contributed by atoms with Gasteiger partial charge in [-0.1, -0.05) is 56.3 Å². The first-order valence-corrected chi connectivity index (χ1v) is 19.6. The number of benzene rings is 3. The number of ether oxygens (including phenoxy) is 2. The van der Waals surface area contributed by atoms with Gasteiger partial charge in [0, 0.05) is 36.8 Å². The van der Waals surface area contributed by atoms with Crippen LogP contribution in [-0.4, -0.2) is 106 Å².